The molecule has 0 aliphatic rings. The Morgan fingerprint density at radius 2 is 1.15 bits per heavy atom. The zero-order valence-electron chi connectivity index (χ0n) is 22.4. The minimum Gasteiger partial charge on any atom is -0.294 e. The van der Waals surface area contributed by atoms with Gasteiger partial charge in [0, 0.05) is 30.8 Å². The van der Waals surface area contributed by atoms with E-state index in [9.17, 15) is 4.79 Å². The maximum atomic E-state index is 12.2. The number of benzene rings is 3. The molecule has 0 fully saturated rings. The van der Waals surface area contributed by atoms with E-state index in [1.165, 1.54) is 83.1 Å². The van der Waals surface area contributed by atoms with Crippen molar-refractivity contribution in [3.8, 4) is 32.0 Å². The van der Waals surface area contributed by atoms with Crippen LogP contribution in [0.2, 0.25) is 0 Å². The highest BCUT2D eigenvalue weighted by molar-refractivity contribution is 7.33. The molecule has 0 spiro atoms. The highest BCUT2D eigenvalue weighted by Crippen LogP contribution is 2.53. The summed E-state index contributed by atoms with van der Waals surface area (Å²) in [5.74, 6) is 0.142. The number of hydrogen-bond acceptors (Lipinski definition) is 5. The Morgan fingerprint density at radius 3 is 1.74 bits per heavy atom. The molecule has 7 rings (SSSR count). The van der Waals surface area contributed by atoms with E-state index in [4.69, 9.17) is 0 Å². The van der Waals surface area contributed by atoms with E-state index in [0.717, 1.165) is 4.88 Å². The summed E-state index contributed by atoms with van der Waals surface area (Å²) in [5.41, 5.74) is 7.66. The molecule has 0 saturated heterocycles. The Hall–Kier alpha value is -3.09. The van der Waals surface area contributed by atoms with Crippen molar-refractivity contribution in [3.63, 3.8) is 0 Å². The smallest absolute Gasteiger partial charge is 0.169 e. The van der Waals surface area contributed by atoms with Crippen molar-refractivity contribution in [1.29, 1.82) is 0 Å². The molecule has 1 nitrogen and oxygen atoms in total. The third-order valence-electron chi connectivity index (χ3n) is 7.41. The summed E-state index contributed by atoms with van der Waals surface area (Å²) in [6.07, 6.45) is 0. The first-order valence-electron chi connectivity index (χ1n) is 13.0. The van der Waals surface area contributed by atoms with E-state index in [2.05, 4.69) is 94.4 Å². The SMILES string of the molecule is CC(=O)c1cc2c(C)sc(-c3cc4c(-c5ccc(C)cc5)c(-c5ccc(C)cc5)c5cc(C)sc5c4s3)c2s1. The van der Waals surface area contributed by atoms with Gasteiger partial charge in [0.25, 0.3) is 0 Å². The topological polar surface area (TPSA) is 17.1 Å². The molecule has 4 heterocycles. The average molecular weight is 579 g/mol. The number of Topliss-reactive ketones (excluding diaryl/α,β-unsaturated/α-hetero) is 1. The summed E-state index contributed by atoms with van der Waals surface area (Å²) in [4.78, 5) is 18.2. The molecule has 0 bridgehead atoms. The number of fused-ring (bicyclic) bond motifs is 4. The molecule has 0 atom stereocenters. The number of hydrogen-bond donors (Lipinski definition) is 0. The van der Waals surface area contributed by atoms with Crippen molar-refractivity contribution in [2.75, 3.05) is 0 Å². The quantitative estimate of drug-likeness (QED) is 0.190. The lowest BCUT2D eigenvalue weighted by molar-refractivity contribution is 0.102. The Bertz CT molecular complexity index is 2060. The van der Waals surface area contributed by atoms with Crippen molar-refractivity contribution < 1.29 is 4.79 Å². The fourth-order valence-corrected chi connectivity index (χ4v) is 10.4. The van der Waals surface area contributed by atoms with E-state index in [-0.39, 0.29) is 5.78 Å². The summed E-state index contributed by atoms with van der Waals surface area (Å²) in [5, 5.41) is 3.87. The van der Waals surface area contributed by atoms with Crippen molar-refractivity contribution in [1.82, 2.24) is 0 Å². The highest BCUT2D eigenvalue weighted by atomic mass is 32.1. The van der Waals surface area contributed by atoms with Gasteiger partial charge in [-0.05, 0) is 75.1 Å². The van der Waals surface area contributed by atoms with Crippen molar-refractivity contribution in [3.05, 3.63) is 92.5 Å². The van der Waals surface area contributed by atoms with Gasteiger partial charge >= 0.3 is 0 Å². The molecule has 0 radical (unpaired) electrons. The van der Waals surface area contributed by atoms with Crippen LogP contribution in [0, 0.1) is 27.7 Å². The predicted molar refractivity (Wildman–Crippen MR) is 176 cm³/mol. The Balaban J connectivity index is 1.60. The van der Waals surface area contributed by atoms with Gasteiger partial charge in [0.05, 0.1) is 23.9 Å². The number of carbonyl (C=O) groups excluding carboxylic acids is 1. The van der Waals surface area contributed by atoms with Gasteiger partial charge in [0.1, 0.15) is 0 Å². The fraction of sp³-hybridized carbons (Fsp3) is 0.147. The molecule has 4 aromatic heterocycles. The first-order valence-corrected chi connectivity index (χ1v) is 16.2. The highest BCUT2D eigenvalue weighted by Gasteiger charge is 2.24. The third-order valence-corrected chi connectivity index (χ3v) is 12.4. The Morgan fingerprint density at radius 1 is 0.590 bits per heavy atom. The van der Waals surface area contributed by atoms with Crippen LogP contribution in [-0.4, -0.2) is 5.78 Å². The molecule has 39 heavy (non-hydrogen) atoms. The van der Waals surface area contributed by atoms with E-state index in [1.54, 1.807) is 18.3 Å². The van der Waals surface area contributed by atoms with Gasteiger partial charge in [0.2, 0.25) is 0 Å². The van der Waals surface area contributed by atoms with E-state index >= 15 is 0 Å². The first kappa shape index (κ1) is 24.9. The molecule has 0 N–H and O–H groups in total. The predicted octanol–water partition coefficient (Wildman–Crippen LogP) is 11.8. The van der Waals surface area contributed by atoms with Crippen LogP contribution >= 0.6 is 45.3 Å². The standard InChI is InChI=1S/C34H26OS4/c1-17-6-10-22(11-7-17)29-25-14-19(3)36-32(25)33-26(30(29)23-12-8-18(2)9-13-23)16-28(39-33)34-31-24(21(5)37-34)15-27(38-31)20(4)35/h6-16H,1-5H3. The zero-order valence-corrected chi connectivity index (χ0v) is 25.7. The second-order valence-corrected chi connectivity index (χ2v) is 14.9. The molecule has 0 unspecified atom stereocenters. The molecule has 0 amide bonds. The summed E-state index contributed by atoms with van der Waals surface area (Å²) in [7, 11) is 0. The third kappa shape index (κ3) is 4.03. The number of carbonyl (C=O) groups is 1. The molecular formula is C34H26OS4. The van der Waals surface area contributed by atoms with E-state index in [0.29, 0.717) is 0 Å². The van der Waals surface area contributed by atoms with Gasteiger partial charge in [0.15, 0.2) is 5.78 Å². The van der Waals surface area contributed by atoms with Gasteiger partial charge in [-0.15, -0.1) is 45.3 Å². The summed E-state index contributed by atoms with van der Waals surface area (Å²) in [6, 6.07) is 24.8. The molecular weight excluding hydrogens is 553 g/mol. The number of aryl methyl sites for hydroxylation is 4. The van der Waals surface area contributed by atoms with Crippen LogP contribution in [0.25, 0.3) is 62.3 Å². The maximum Gasteiger partial charge on any atom is 0.169 e. The van der Waals surface area contributed by atoms with Crippen LogP contribution in [0.1, 0.15) is 37.5 Å². The van der Waals surface area contributed by atoms with Gasteiger partial charge in [-0.1, -0.05) is 59.7 Å². The Kier molecular flexibility index (Phi) is 5.90. The van der Waals surface area contributed by atoms with E-state index < -0.39 is 0 Å². The summed E-state index contributed by atoms with van der Waals surface area (Å²) >= 11 is 7.29. The molecule has 7 aromatic rings. The van der Waals surface area contributed by atoms with Crippen molar-refractivity contribution in [2.24, 2.45) is 0 Å². The monoisotopic (exact) mass is 578 g/mol. The molecule has 5 heteroatoms. The largest absolute Gasteiger partial charge is 0.294 e. The van der Waals surface area contributed by atoms with Crippen LogP contribution in [-0.2, 0) is 0 Å². The van der Waals surface area contributed by atoms with Crippen LogP contribution in [0.15, 0.2) is 66.7 Å². The first-order chi connectivity index (χ1) is 18.8. The second kappa shape index (κ2) is 9.24. The Labute approximate surface area is 244 Å². The number of ketones is 1. The lowest BCUT2D eigenvalue weighted by Crippen LogP contribution is -1.88. The lowest BCUT2D eigenvalue weighted by atomic mass is 9.89. The number of thiophene rings is 4. The normalized spacial score (nSPS) is 11.8. The van der Waals surface area contributed by atoms with Crippen LogP contribution in [0.3, 0.4) is 0 Å². The minimum absolute atomic E-state index is 0.142. The van der Waals surface area contributed by atoms with Crippen molar-refractivity contribution >= 4 is 81.4 Å². The van der Waals surface area contributed by atoms with Gasteiger partial charge in [-0.3, -0.25) is 4.79 Å². The maximum absolute atomic E-state index is 12.2. The second-order valence-electron chi connectivity index (χ2n) is 10.3. The van der Waals surface area contributed by atoms with Crippen LogP contribution in [0.5, 0.6) is 0 Å². The van der Waals surface area contributed by atoms with Crippen LogP contribution < -0.4 is 0 Å². The molecule has 3 aromatic carbocycles. The minimum atomic E-state index is 0.142. The molecule has 0 aliphatic carbocycles. The van der Waals surface area contributed by atoms with Gasteiger partial charge < -0.3 is 0 Å². The van der Waals surface area contributed by atoms with Crippen molar-refractivity contribution in [2.45, 2.75) is 34.6 Å². The molecule has 0 saturated carbocycles. The average Bonchev–Trinajstić information content (AvgIpc) is 3.68. The van der Waals surface area contributed by atoms with Crippen LogP contribution in [0.4, 0.5) is 0 Å². The van der Waals surface area contributed by atoms with Gasteiger partial charge in [-0.25, -0.2) is 0 Å². The van der Waals surface area contributed by atoms with E-state index in [1.807, 2.05) is 34.0 Å². The zero-order chi connectivity index (χ0) is 27.0. The fourth-order valence-electron chi connectivity index (χ4n) is 5.45. The number of rotatable bonds is 4. The molecule has 0 aliphatic heterocycles. The summed E-state index contributed by atoms with van der Waals surface area (Å²) < 4.78 is 3.96. The lowest BCUT2D eigenvalue weighted by Gasteiger charge is -2.15. The van der Waals surface area contributed by atoms with Gasteiger partial charge in [-0.2, -0.15) is 0 Å². The molecule has 192 valence electrons. The summed E-state index contributed by atoms with van der Waals surface area (Å²) in [6.45, 7) is 10.4.